The molecule has 1 aromatic heterocycles. The summed E-state index contributed by atoms with van der Waals surface area (Å²) in [6.45, 7) is 0. The number of aromatic nitrogens is 2. The minimum absolute atomic E-state index is 0. The van der Waals surface area contributed by atoms with Crippen LogP contribution in [0.25, 0.3) is 22.1 Å². The van der Waals surface area contributed by atoms with Crippen LogP contribution in [0.4, 0.5) is 11.4 Å². The Bertz CT molecular complexity index is 639. The van der Waals surface area contributed by atoms with Crippen molar-refractivity contribution in [2.75, 3.05) is 11.5 Å². The Morgan fingerprint density at radius 2 is 1.06 bits per heavy atom. The van der Waals surface area contributed by atoms with E-state index in [1.807, 2.05) is 36.4 Å². The summed E-state index contributed by atoms with van der Waals surface area (Å²) in [5, 5.41) is 0. The molecule has 0 radical (unpaired) electrons. The molecule has 3 aromatic rings. The maximum absolute atomic E-state index is 5.71. The summed E-state index contributed by atoms with van der Waals surface area (Å²) in [7, 11) is 0. The van der Waals surface area contributed by atoms with Crippen LogP contribution in [0.5, 0.6) is 0 Å². The van der Waals surface area contributed by atoms with Crippen LogP contribution in [-0.4, -0.2) is 9.97 Å². The number of nitrogens with zero attached hydrogens (tertiary/aromatic N) is 2. The highest BCUT2D eigenvalue weighted by Crippen LogP contribution is 2.19. The average Bonchev–Trinajstić information content (AvgIpc) is 2.26. The quantitative estimate of drug-likeness (QED) is 0.472. The molecule has 0 aliphatic carbocycles. The number of hydrogen-bond donors (Lipinski definition) is 2. The molecule has 86 valence electrons. The van der Waals surface area contributed by atoms with Crippen molar-refractivity contribution >= 4 is 45.8 Å². The van der Waals surface area contributed by atoms with E-state index in [0.29, 0.717) is 11.4 Å². The van der Waals surface area contributed by atoms with Gasteiger partial charge in [-0.25, -0.2) is 9.97 Å². The lowest BCUT2D eigenvalue weighted by Gasteiger charge is -2.02. The van der Waals surface area contributed by atoms with E-state index in [-0.39, 0.29) is 12.4 Å². The molecule has 4 N–H and O–H groups in total. The Labute approximate surface area is 104 Å². The summed E-state index contributed by atoms with van der Waals surface area (Å²) < 4.78 is 0. The largest absolute Gasteiger partial charge is 0.399 e. The first-order chi connectivity index (χ1) is 7.72. The average molecular weight is 247 g/mol. The third kappa shape index (κ3) is 1.94. The maximum Gasteiger partial charge on any atom is 0.0915 e. The summed E-state index contributed by atoms with van der Waals surface area (Å²) in [4.78, 5) is 8.96. The number of nitrogen functional groups attached to an aromatic ring is 2. The van der Waals surface area contributed by atoms with Gasteiger partial charge in [-0.05, 0) is 36.4 Å². The van der Waals surface area contributed by atoms with E-state index in [4.69, 9.17) is 11.5 Å². The molecule has 4 nitrogen and oxygen atoms in total. The van der Waals surface area contributed by atoms with Crippen LogP contribution in [0, 0.1) is 0 Å². The molecule has 0 atom stereocenters. The zero-order chi connectivity index (χ0) is 11.1. The van der Waals surface area contributed by atoms with E-state index < -0.39 is 0 Å². The SMILES string of the molecule is Cl.Nc1ccc2nc3ccc(N)cc3nc2c1. The first kappa shape index (κ1) is 11.4. The van der Waals surface area contributed by atoms with Crippen LogP contribution >= 0.6 is 12.4 Å². The molecular weight excluding hydrogens is 236 g/mol. The zero-order valence-corrected chi connectivity index (χ0v) is 9.74. The van der Waals surface area contributed by atoms with E-state index in [0.717, 1.165) is 22.1 Å². The summed E-state index contributed by atoms with van der Waals surface area (Å²) >= 11 is 0. The van der Waals surface area contributed by atoms with Gasteiger partial charge in [0.05, 0.1) is 22.1 Å². The number of halogens is 1. The monoisotopic (exact) mass is 246 g/mol. The van der Waals surface area contributed by atoms with Crippen LogP contribution in [-0.2, 0) is 0 Å². The van der Waals surface area contributed by atoms with Gasteiger partial charge in [0.15, 0.2) is 0 Å². The summed E-state index contributed by atoms with van der Waals surface area (Å²) in [5.74, 6) is 0. The third-order valence-corrected chi connectivity index (χ3v) is 2.48. The van der Waals surface area contributed by atoms with Crippen LogP contribution in [0.2, 0.25) is 0 Å². The smallest absolute Gasteiger partial charge is 0.0915 e. The lowest BCUT2D eigenvalue weighted by atomic mass is 10.2. The highest BCUT2D eigenvalue weighted by atomic mass is 35.5. The van der Waals surface area contributed by atoms with Gasteiger partial charge < -0.3 is 11.5 Å². The van der Waals surface area contributed by atoms with Crippen LogP contribution in [0.3, 0.4) is 0 Å². The summed E-state index contributed by atoms with van der Waals surface area (Å²) in [6, 6.07) is 11.0. The van der Waals surface area contributed by atoms with Crippen molar-refractivity contribution in [3.8, 4) is 0 Å². The first-order valence-electron chi connectivity index (χ1n) is 4.95. The highest BCUT2D eigenvalue weighted by Gasteiger charge is 2.01. The first-order valence-corrected chi connectivity index (χ1v) is 4.95. The minimum Gasteiger partial charge on any atom is -0.399 e. The van der Waals surface area contributed by atoms with E-state index in [9.17, 15) is 0 Å². The van der Waals surface area contributed by atoms with Gasteiger partial charge in [-0.15, -0.1) is 12.4 Å². The Morgan fingerprint density at radius 1 is 0.647 bits per heavy atom. The topological polar surface area (TPSA) is 77.8 Å². The second-order valence-corrected chi connectivity index (χ2v) is 3.72. The molecule has 0 saturated heterocycles. The van der Waals surface area contributed by atoms with Crippen molar-refractivity contribution in [3.63, 3.8) is 0 Å². The van der Waals surface area contributed by atoms with Crippen molar-refractivity contribution in [1.82, 2.24) is 9.97 Å². The van der Waals surface area contributed by atoms with E-state index in [2.05, 4.69) is 9.97 Å². The lowest BCUT2D eigenvalue weighted by molar-refractivity contribution is 1.40. The molecule has 0 fully saturated rings. The lowest BCUT2D eigenvalue weighted by Crippen LogP contribution is -1.91. The van der Waals surface area contributed by atoms with E-state index >= 15 is 0 Å². The molecule has 0 aliphatic rings. The molecule has 1 heterocycles. The Hall–Kier alpha value is -2.07. The fourth-order valence-corrected chi connectivity index (χ4v) is 1.71. The second-order valence-electron chi connectivity index (χ2n) is 3.72. The molecule has 0 amide bonds. The molecule has 3 rings (SSSR count). The number of fused-ring (bicyclic) bond motifs is 2. The van der Waals surface area contributed by atoms with Gasteiger partial charge in [-0.3, -0.25) is 0 Å². The van der Waals surface area contributed by atoms with Gasteiger partial charge >= 0.3 is 0 Å². The Morgan fingerprint density at radius 3 is 1.53 bits per heavy atom. The summed E-state index contributed by atoms with van der Waals surface area (Å²) in [5.41, 5.74) is 16.0. The minimum atomic E-state index is 0. The number of benzene rings is 2. The van der Waals surface area contributed by atoms with Crippen LogP contribution in [0.1, 0.15) is 0 Å². The zero-order valence-electron chi connectivity index (χ0n) is 8.92. The van der Waals surface area contributed by atoms with Gasteiger partial charge in [-0.2, -0.15) is 0 Å². The van der Waals surface area contributed by atoms with Crippen molar-refractivity contribution in [3.05, 3.63) is 36.4 Å². The predicted octanol–water partition coefficient (Wildman–Crippen LogP) is 2.37. The third-order valence-electron chi connectivity index (χ3n) is 2.48. The molecule has 0 aliphatic heterocycles. The molecule has 0 saturated carbocycles. The Kier molecular flexibility index (Phi) is 2.73. The predicted molar refractivity (Wildman–Crippen MR) is 73.1 cm³/mol. The van der Waals surface area contributed by atoms with Crippen molar-refractivity contribution in [1.29, 1.82) is 0 Å². The standard InChI is InChI=1S/C12H10N4.ClH/c13-7-1-3-9-11(5-7)16-12-6-8(14)2-4-10(12)15-9;/h1-6H,13-14H2;1H. The van der Waals surface area contributed by atoms with Crippen LogP contribution in [0.15, 0.2) is 36.4 Å². The van der Waals surface area contributed by atoms with Crippen molar-refractivity contribution in [2.24, 2.45) is 0 Å². The Balaban J connectivity index is 0.00000108. The fourth-order valence-electron chi connectivity index (χ4n) is 1.71. The molecule has 0 unspecified atom stereocenters. The van der Waals surface area contributed by atoms with Gasteiger partial charge in [0.2, 0.25) is 0 Å². The summed E-state index contributed by atoms with van der Waals surface area (Å²) in [6.07, 6.45) is 0. The van der Waals surface area contributed by atoms with Crippen molar-refractivity contribution < 1.29 is 0 Å². The van der Waals surface area contributed by atoms with Gasteiger partial charge in [0, 0.05) is 11.4 Å². The van der Waals surface area contributed by atoms with Gasteiger partial charge in [0.25, 0.3) is 0 Å². The molecule has 2 aromatic carbocycles. The molecule has 0 bridgehead atoms. The molecule has 0 spiro atoms. The van der Waals surface area contributed by atoms with Crippen LogP contribution < -0.4 is 11.5 Å². The highest BCUT2D eigenvalue weighted by molar-refractivity contribution is 5.88. The van der Waals surface area contributed by atoms with E-state index in [1.54, 1.807) is 0 Å². The second kappa shape index (κ2) is 4.07. The van der Waals surface area contributed by atoms with Gasteiger partial charge in [-0.1, -0.05) is 0 Å². The normalized spacial score (nSPS) is 10.4. The number of anilines is 2. The van der Waals surface area contributed by atoms with Gasteiger partial charge in [0.1, 0.15) is 0 Å². The maximum atomic E-state index is 5.71. The fraction of sp³-hybridized carbons (Fsp3) is 0. The molecular formula is C12H11ClN4. The van der Waals surface area contributed by atoms with Crippen molar-refractivity contribution in [2.45, 2.75) is 0 Å². The number of nitrogens with two attached hydrogens (primary N) is 2. The molecule has 5 heteroatoms. The number of hydrogen-bond acceptors (Lipinski definition) is 4. The van der Waals surface area contributed by atoms with E-state index in [1.165, 1.54) is 0 Å². The number of rotatable bonds is 0. The molecule has 17 heavy (non-hydrogen) atoms.